The van der Waals surface area contributed by atoms with Crippen molar-refractivity contribution < 1.29 is 54.6 Å². The van der Waals surface area contributed by atoms with Crippen LogP contribution in [-0.2, 0) is 23.9 Å². The third-order valence-corrected chi connectivity index (χ3v) is 4.43. The van der Waals surface area contributed by atoms with Crippen molar-refractivity contribution in [3.05, 3.63) is 0 Å². The normalized spacial score (nSPS) is 38.7. The van der Waals surface area contributed by atoms with Gasteiger partial charge in [-0.25, -0.2) is 0 Å². The van der Waals surface area contributed by atoms with E-state index in [1.54, 1.807) is 0 Å². The van der Waals surface area contributed by atoms with Crippen LogP contribution in [0.15, 0.2) is 0 Å². The molecule has 0 aromatic carbocycles. The SMILES string of the molecule is CC(=O)[C@]1(O)[C@@](O)(C(C)=O)[C@@H](C(=O)C(C)O)OC(O)(O)[C@@]1(O)C(C)=O. The molecular weight excluding hydrogens is 344 g/mol. The molecule has 1 fully saturated rings. The Hall–Kier alpha value is -1.60. The number of Topliss-reactive ketones (excluding diaryl/α,β-unsaturated/α-hetero) is 4. The molecule has 1 heterocycles. The van der Waals surface area contributed by atoms with E-state index in [2.05, 4.69) is 4.74 Å². The minimum Gasteiger partial charge on any atom is -0.386 e. The lowest BCUT2D eigenvalue weighted by atomic mass is 9.59. The molecule has 11 heteroatoms. The third-order valence-electron chi connectivity index (χ3n) is 4.43. The summed E-state index contributed by atoms with van der Waals surface area (Å²) in [6, 6.07) is 0. The van der Waals surface area contributed by atoms with E-state index in [9.17, 15) is 49.8 Å². The first-order chi connectivity index (χ1) is 11.0. The number of aliphatic hydroxyl groups is 6. The van der Waals surface area contributed by atoms with Gasteiger partial charge < -0.3 is 35.4 Å². The Morgan fingerprint density at radius 3 is 1.52 bits per heavy atom. The van der Waals surface area contributed by atoms with Crippen LogP contribution < -0.4 is 0 Å². The number of hydrogen-bond acceptors (Lipinski definition) is 11. The van der Waals surface area contributed by atoms with Crippen LogP contribution in [0, 0.1) is 0 Å². The summed E-state index contributed by atoms with van der Waals surface area (Å²) in [7, 11) is 0. The summed E-state index contributed by atoms with van der Waals surface area (Å²) < 4.78 is 4.44. The van der Waals surface area contributed by atoms with Crippen LogP contribution in [0.4, 0.5) is 0 Å². The molecule has 1 rings (SSSR count). The summed E-state index contributed by atoms with van der Waals surface area (Å²) in [5.41, 5.74) is -11.4. The van der Waals surface area contributed by atoms with Crippen LogP contribution in [-0.4, -0.2) is 88.8 Å². The van der Waals surface area contributed by atoms with Crippen molar-refractivity contribution in [2.75, 3.05) is 0 Å². The van der Waals surface area contributed by atoms with E-state index >= 15 is 0 Å². The zero-order valence-corrected chi connectivity index (χ0v) is 13.9. The van der Waals surface area contributed by atoms with Crippen LogP contribution in [0.3, 0.4) is 0 Å². The van der Waals surface area contributed by atoms with Crippen LogP contribution in [0.1, 0.15) is 27.7 Å². The summed E-state index contributed by atoms with van der Waals surface area (Å²) in [6.45, 7) is 2.53. The van der Waals surface area contributed by atoms with Gasteiger partial charge in [0.05, 0.1) is 0 Å². The van der Waals surface area contributed by atoms with Crippen LogP contribution in [0.2, 0.25) is 0 Å². The van der Waals surface area contributed by atoms with E-state index in [4.69, 9.17) is 0 Å². The molecule has 5 atom stereocenters. The van der Waals surface area contributed by atoms with Gasteiger partial charge in [0.15, 0.2) is 34.8 Å². The number of ketones is 4. The third kappa shape index (κ3) is 2.39. The Balaban J connectivity index is 3.99. The first-order valence-electron chi connectivity index (χ1n) is 7.08. The molecule has 142 valence electrons. The molecule has 0 radical (unpaired) electrons. The van der Waals surface area contributed by atoms with Gasteiger partial charge in [0, 0.05) is 0 Å². The standard InChI is InChI=1S/C14H20O11/c1-5(15)9(19)10-11(20,6(2)16)12(21,7(3)17)13(22,8(4)18)14(23,24)25-10/h5,10,15,20-24H,1-4H3/t5?,10-,11-,12+,13-/m1/s1. The molecule has 0 spiro atoms. The molecule has 1 saturated heterocycles. The molecule has 0 aliphatic carbocycles. The van der Waals surface area contributed by atoms with Crippen molar-refractivity contribution in [1.82, 2.24) is 0 Å². The number of aliphatic hydroxyl groups excluding tert-OH is 1. The molecule has 1 aliphatic rings. The number of carbonyl (C=O) groups is 4. The van der Waals surface area contributed by atoms with Crippen molar-refractivity contribution in [1.29, 1.82) is 0 Å². The first kappa shape index (κ1) is 21.4. The molecule has 25 heavy (non-hydrogen) atoms. The molecule has 1 unspecified atom stereocenters. The molecule has 1 aliphatic heterocycles. The lowest BCUT2D eigenvalue weighted by Crippen LogP contribution is -2.90. The van der Waals surface area contributed by atoms with Gasteiger partial charge in [-0.3, -0.25) is 19.2 Å². The predicted molar refractivity (Wildman–Crippen MR) is 75.6 cm³/mol. The number of ether oxygens (including phenoxy) is 1. The minimum absolute atomic E-state index is 0.524. The molecule has 0 aromatic rings. The van der Waals surface area contributed by atoms with E-state index < -0.39 is 58.1 Å². The lowest BCUT2D eigenvalue weighted by molar-refractivity contribution is -0.469. The van der Waals surface area contributed by atoms with Crippen LogP contribution >= 0.6 is 0 Å². The highest BCUT2D eigenvalue weighted by molar-refractivity contribution is 6.08. The molecule has 11 nitrogen and oxygen atoms in total. The zero-order chi connectivity index (χ0) is 20.2. The zero-order valence-electron chi connectivity index (χ0n) is 13.9. The Morgan fingerprint density at radius 2 is 1.24 bits per heavy atom. The Labute approximate surface area is 141 Å². The van der Waals surface area contributed by atoms with Crippen molar-refractivity contribution in [3.63, 3.8) is 0 Å². The smallest absolute Gasteiger partial charge is 0.320 e. The van der Waals surface area contributed by atoms with Crippen molar-refractivity contribution in [2.45, 2.75) is 62.7 Å². The monoisotopic (exact) mass is 364 g/mol. The summed E-state index contributed by atoms with van der Waals surface area (Å²) in [5.74, 6) is -10.4. The highest BCUT2D eigenvalue weighted by atomic mass is 16.8. The van der Waals surface area contributed by atoms with E-state index in [-0.39, 0.29) is 0 Å². The average molecular weight is 364 g/mol. The second-order valence-corrected chi connectivity index (χ2v) is 6.04. The van der Waals surface area contributed by atoms with Gasteiger partial charge in [0.1, 0.15) is 6.10 Å². The quantitative estimate of drug-likeness (QED) is 0.259. The minimum atomic E-state index is -4.06. The number of hydrogen-bond donors (Lipinski definition) is 6. The molecule has 0 bridgehead atoms. The van der Waals surface area contributed by atoms with Gasteiger partial charge >= 0.3 is 5.97 Å². The van der Waals surface area contributed by atoms with Crippen molar-refractivity contribution >= 4 is 23.1 Å². The molecule has 6 N–H and O–H groups in total. The topological polar surface area (TPSA) is 199 Å². The highest BCUT2D eigenvalue weighted by Gasteiger charge is 2.84. The highest BCUT2D eigenvalue weighted by Crippen LogP contribution is 2.49. The van der Waals surface area contributed by atoms with Crippen LogP contribution in [0.25, 0.3) is 0 Å². The second-order valence-electron chi connectivity index (χ2n) is 6.04. The van der Waals surface area contributed by atoms with Gasteiger partial charge in [-0.2, -0.15) is 0 Å². The van der Waals surface area contributed by atoms with E-state index in [0.29, 0.717) is 20.8 Å². The van der Waals surface area contributed by atoms with Gasteiger partial charge in [-0.15, -0.1) is 0 Å². The van der Waals surface area contributed by atoms with Gasteiger partial charge in [0.25, 0.3) is 0 Å². The fourth-order valence-electron chi connectivity index (χ4n) is 2.97. The summed E-state index contributed by atoms with van der Waals surface area (Å²) >= 11 is 0. The van der Waals surface area contributed by atoms with Gasteiger partial charge in [-0.05, 0) is 27.7 Å². The average Bonchev–Trinajstić information content (AvgIpc) is 2.47. The summed E-state index contributed by atoms with van der Waals surface area (Å²) in [4.78, 5) is 48.1. The maximum atomic E-state index is 12.1. The van der Waals surface area contributed by atoms with Crippen molar-refractivity contribution in [3.8, 4) is 0 Å². The Morgan fingerprint density at radius 1 is 0.840 bits per heavy atom. The van der Waals surface area contributed by atoms with Crippen molar-refractivity contribution in [2.24, 2.45) is 0 Å². The van der Waals surface area contributed by atoms with E-state index in [0.717, 1.165) is 6.92 Å². The Kier molecular flexibility index (Phi) is 5.13. The van der Waals surface area contributed by atoms with E-state index in [1.165, 1.54) is 0 Å². The van der Waals surface area contributed by atoms with Crippen LogP contribution in [0.5, 0.6) is 0 Å². The first-order valence-corrected chi connectivity index (χ1v) is 7.08. The van der Waals surface area contributed by atoms with Gasteiger partial charge in [-0.1, -0.05) is 0 Å². The summed E-state index contributed by atoms with van der Waals surface area (Å²) in [5, 5.41) is 61.2. The molecule has 0 saturated carbocycles. The number of carbonyl (C=O) groups excluding carboxylic acids is 4. The van der Waals surface area contributed by atoms with E-state index in [1.807, 2.05) is 0 Å². The fraction of sp³-hybridized carbons (Fsp3) is 0.714. The Bertz CT molecular complexity index is 639. The molecular formula is C14H20O11. The van der Waals surface area contributed by atoms with Gasteiger partial charge in [0.2, 0.25) is 11.2 Å². The second kappa shape index (κ2) is 5.99. The largest absolute Gasteiger partial charge is 0.386 e. The number of rotatable bonds is 5. The maximum absolute atomic E-state index is 12.1. The predicted octanol–water partition coefficient (Wildman–Crippen LogP) is -4.07. The molecule has 0 aromatic heterocycles. The fourth-order valence-corrected chi connectivity index (χ4v) is 2.97. The maximum Gasteiger partial charge on any atom is 0.320 e. The lowest BCUT2D eigenvalue weighted by Gasteiger charge is -2.58. The summed E-state index contributed by atoms with van der Waals surface area (Å²) in [6.07, 6.45) is -4.63. The molecule has 0 amide bonds.